The summed E-state index contributed by atoms with van der Waals surface area (Å²) in [6.07, 6.45) is 0.693. The molecule has 1 saturated heterocycles. The van der Waals surface area contributed by atoms with Gasteiger partial charge in [-0.1, -0.05) is 45.2 Å². The van der Waals surface area contributed by atoms with E-state index in [0.29, 0.717) is 32.9 Å². The van der Waals surface area contributed by atoms with Gasteiger partial charge < -0.3 is 5.32 Å². The highest BCUT2D eigenvalue weighted by Crippen LogP contribution is 2.29. The Hall–Kier alpha value is -1.19. The molecule has 1 fully saturated rings. The van der Waals surface area contributed by atoms with Gasteiger partial charge in [0.05, 0.1) is 11.4 Å². The van der Waals surface area contributed by atoms with Crippen molar-refractivity contribution in [1.29, 1.82) is 0 Å². The van der Waals surface area contributed by atoms with E-state index in [0.717, 1.165) is 0 Å². The molecule has 5 nitrogen and oxygen atoms in total. The van der Waals surface area contributed by atoms with Crippen LogP contribution in [0.5, 0.6) is 0 Å². The molecule has 0 bridgehead atoms. The van der Waals surface area contributed by atoms with Crippen molar-refractivity contribution in [2.45, 2.75) is 18.6 Å². The van der Waals surface area contributed by atoms with Crippen LogP contribution in [-0.4, -0.2) is 31.7 Å². The number of carbonyl (C=O) groups excluding carboxylic acids is 1. The highest BCUT2D eigenvalue weighted by atomic mass is 79.9. The van der Waals surface area contributed by atoms with Gasteiger partial charge in [0.1, 0.15) is 5.82 Å². The molecule has 156 valence electrons. The molecule has 0 unspecified atom stereocenters. The molecule has 2 aromatic carbocycles. The number of sulfonamides is 1. The first-order valence-electron chi connectivity index (χ1n) is 8.84. The molecular formula is C19H18BrCl2FN2O3S. The van der Waals surface area contributed by atoms with Gasteiger partial charge in [-0.3, -0.25) is 4.79 Å². The van der Waals surface area contributed by atoms with E-state index in [1.165, 1.54) is 16.4 Å². The van der Waals surface area contributed by atoms with Crippen LogP contribution in [0.4, 0.5) is 10.1 Å². The number of nitrogens with one attached hydrogen (secondary N) is 1. The normalized spacial score (nSPS) is 16.0. The van der Waals surface area contributed by atoms with Crippen LogP contribution in [0.2, 0.25) is 10.0 Å². The average Bonchev–Trinajstić information content (AvgIpc) is 2.67. The van der Waals surface area contributed by atoms with Gasteiger partial charge >= 0.3 is 0 Å². The molecule has 1 aliphatic heterocycles. The van der Waals surface area contributed by atoms with E-state index in [2.05, 4.69) is 21.2 Å². The Morgan fingerprint density at radius 3 is 2.38 bits per heavy atom. The van der Waals surface area contributed by atoms with Crippen molar-refractivity contribution in [2.75, 3.05) is 18.4 Å². The molecule has 0 aromatic heterocycles. The van der Waals surface area contributed by atoms with Gasteiger partial charge in [-0.05, 0) is 43.2 Å². The molecule has 1 amide bonds. The number of anilines is 1. The molecule has 1 heterocycles. The summed E-state index contributed by atoms with van der Waals surface area (Å²) in [5.74, 6) is -1.55. The van der Waals surface area contributed by atoms with Crippen molar-refractivity contribution in [3.8, 4) is 0 Å². The fourth-order valence-corrected chi connectivity index (χ4v) is 5.81. The van der Waals surface area contributed by atoms with Crippen LogP contribution in [0.25, 0.3) is 0 Å². The van der Waals surface area contributed by atoms with E-state index in [1.807, 2.05) is 0 Å². The zero-order valence-corrected chi connectivity index (χ0v) is 19.1. The molecule has 29 heavy (non-hydrogen) atoms. The summed E-state index contributed by atoms with van der Waals surface area (Å²) < 4.78 is 41.3. The summed E-state index contributed by atoms with van der Waals surface area (Å²) in [5.41, 5.74) is 0.461. The molecule has 1 N–H and O–H groups in total. The highest BCUT2D eigenvalue weighted by molar-refractivity contribution is 9.10. The second kappa shape index (κ2) is 9.31. The average molecular weight is 524 g/mol. The molecule has 10 heteroatoms. The fraction of sp³-hybridized carbons (Fsp3) is 0.316. The molecule has 1 aliphatic rings. The van der Waals surface area contributed by atoms with Gasteiger partial charge in [0, 0.05) is 39.1 Å². The molecule has 0 spiro atoms. The topological polar surface area (TPSA) is 66.5 Å². The minimum atomic E-state index is -3.63. The molecular weight excluding hydrogens is 506 g/mol. The van der Waals surface area contributed by atoms with Gasteiger partial charge in [0.2, 0.25) is 15.9 Å². The largest absolute Gasteiger partial charge is 0.323 e. The number of hydrogen-bond acceptors (Lipinski definition) is 3. The van der Waals surface area contributed by atoms with E-state index in [1.54, 1.807) is 24.3 Å². The summed E-state index contributed by atoms with van der Waals surface area (Å²) in [4.78, 5) is 12.4. The number of amides is 1. The minimum absolute atomic E-state index is 0.0987. The first kappa shape index (κ1) is 22.5. The quantitative estimate of drug-likeness (QED) is 0.594. The Morgan fingerprint density at radius 1 is 1.17 bits per heavy atom. The summed E-state index contributed by atoms with van der Waals surface area (Å²) >= 11 is 15.3. The lowest BCUT2D eigenvalue weighted by Crippen LogP contribution is -2.42. The maximum Gasteiger partial charge on any atom is 0.227 e. The molecule has 2 aromatic rings. The maximum absolute atomic E-state index is 13.9. The standard InChI is InChI=1S/C19H18BrCl2FN2O3S/c20-13-4-5-18(17(23)10-13)24-19(26)12-6-8-25(9-7-12)29(27,28)11-14-15(21)2-1-3-16(14)22/h1-5,10,12H,6-9,11H2,(H,24,26). The zero-order chi connectivity index (χ0) is 21.2. The van der Waals surface area contributed by atoms with Crippen LogP contribution in [-0.2, 0) is 20.6 Å². The van der Waals surface area contributed by atoms with Crippen molar-refractivity contribution in [1.82, 2.24) is 4.31 Å². The minimum Gasteiger partial charge on any atom is -0.323 e. The molecule has 0 atom stereocenters. The predicted octanol–water partition coefficient (Wildman–Crippen LogP) is 5.08. The zero-order valence-electron chi connectivity index (χ0n) is 15.2. The van der Waals surface area contributed by atoms with Crippen molar-refractivity contribution < 1.29 is 17.6 Å². The Balaban J connectivity index is 1.61. The third-order valence-electron chi connectivity index (χ3n) is 4.80. The number of nitrogens with zero attached hydrogens (tertiary/aromatic N) is 1. The smallest absolute Gasteiger partial charge is 0.227 e. The maximum atomic E-state index is 13.9. The number of rotatable bonds is 5. The first-order chi connectivity index (χ1) is 13.7. The molecule has 0 saturated carbocycles. The van der Waals surface area contributed by atoms with Crippen molar-refractivity contribution in [3.05, 3.63) is 62.3 Å². The fourth-order valence-electron chi connectivity index (χ4n) is 3.17. The number of carbonyl (C=O) groups is 1. The number of halogens is 4. The lowest BCUT2D eigenvalue weighted by atomic mass is 9.97. The van der Waals surface area contributed by atoms with Crippen LogP contribution >= 0.6 is 39.1 Å². The molecule has 0 radical (unpaired) electrons. The van der Waals surface area contributed by atoms with E-state index in [-0.39, 0.29) is 30.4 Å². The molecule has 3 rings (SSSR count). The van der Waals surface area contributed by atoms with Gasteiger partial charge in [0.25, 0.3) is 0 Å². The van der Waals surface area contributed by atoms with Crippen LogP contribution in [0, 0.1) is 11.7 Å². The lowest BCUT2D eigenvalue weighted by molar-refractivity contribution is -0.120. The van der Waals surface area contributed by atoms with E-state index < -0.39 is 21.8 Å². The van der Waals surface area contributed by atoms with E-state index in [4.69, 9.17) is 23.2 Å². The second-order valence-electron chi connectivity index (χ2n) is 6.74. The monoisotopic (exact) mass is 522 g/mol. The number of hydrogen-bond donors (Lipinski definition) is 1. The number of benzene rings is 2. The summed E-state index contributed by atoms with van der Waals surface area (Å²) in [6, 6.07) is 9.22. The van der Waals surface area contributed by atoms with Crippen LogP contribution in [0.1, 0.15) is 18.4 Å². The summed E-state index contributed by atoms with van der Waals surface area (Å²) in [5, 5.41) is 3.17. The van der Waals surface area contributed by atoms with Gasteiger partial charge in [-0.25, -0.2) is 17.1 Å². The van der Waals surface area contributed by atoms with Gasteiger partial charge in [-0.2, -0.15) is 0 Å². The van der Waals surface area contributed by atoms with Crippen LogP contribution < -0.4 is 5.32 Å². The van der Waals surface area contributed by atoms with Gasteiger partial charge in [0.15, 0.2) is 0 Å². The Bertz CT molecular complexity index is 1010. The van der Waals surface area contributed by atoms with E-state index >= 15 is 0 Å². The summed E-state index contributed by atoms with van der Waals surface area (Å²) in [7, 11) is -3.63. The lowest BCUT2D eigenvalue weighted by Gasteiger charge is -2.30. The van der Waals surface area contributed by atoms with Crippen molar-refractivity contribution in [3.63, 3.8) is 0 Å². The third kappa shape index (κ3) is 5.49. The van der Waals surface area contributed by atoms with Crippen molar-refractivity contribution >= 4 is 60.7 Å². The van der Waals surface area contributed by atoms with Gasteiger partial charge in [-0.15, -0.1) is 0 Å². The van der Waals surface area contributed by atoms with Crippen LogP contribution in [0.3, 0.4) is 0 Å². The first-order valence-corrected chi connectivity index (χ1v) is 12.0. The predicted molar refractivity (Wildman–Crippen MR) is 116 cm³/mol. The third-order valence-corrected chi connectivity index (χ3v) is 7.80. The Morgan fingerprint density at radius 2 is 1.79 bits per heavy atom. The SMILES string of the molecule is O=C(Nc1ccc(Br)cc1F)C1CCN(S(=O)(=O)Cc2c(Cl)cccc2Cl)CC1. The van der Waals surface area contributed by atoms with Crippen molar-refractivity contribution in [2.24, 2.45) is 5.92 Å². The Labute approximate surface area is 187 Å². The summed E-state index contributed by atoms with van der Waals surface area (Å²) in [6.45, 7) is 0.399. The van der Waals surface area contributed by atoms with E-state index in [9.17, 15) is 17.6 Å². The molecule has 0 aliphatic carbocycles. The van der Waals surface area contributed by atoms with Crippen LogP contribution in [0.15, 0.2) is 40.9 Å². The second-order valence-corrected chi connectivity index (χ2v) is 10.4. The Kier molecular flexibility index (Phi) is 7.22. The highest BCUT2D eigenvalue weighted by Gasteiger charge is 2.32. The number of piperidine rings is 1.